The van der Waals surface area contributed by atoms with Gasteiger partial charge in [0.2, 0.25) is 0 Å². The van der Waals surface area contributed by atoms with E-state index in [1.54, 1.807) is 13.0 Å². The minimum atomic E-state index is -0.484. The maximum Gasteiger partial charge on any atom is 0.329 e. The summed E-state index contributed by atoms with van der Waals surface area (Å²) in [6.07, 6.45) is 1.50. The van der Waals surface area contributed by atoms with Gasteiger partial charge in [-0.2, -0.15) is 0 Å². The Bertz CT molecular complexity index is 940. The number of nitrogens with zero attached hydrogens (tertiary/aromatic N) is 1. The highest BCUT2D eigenvalue weighted by Crippen LogP contribution is 2.36. The topological polar surface area (TPSA) is 78.9 Å². The van der Waals surface area contributed by atoms with Gasteiger partial charge in [0.1, 0.15) is 5.70 Å². The highest BCUT2D eigenvalue weighted by molar-refractivity contribution is 6.32. The van der Waals surface area contributed by atoms with E-state index >= 15 is 0 Å². The Hall–Kier alpha value is -2.99. The Morgan fingerprint density at radius 1 is 1.26 bits per heavy atom. The molecule has 1 aliphatic rings. The molecule has 3 rings (SSSR count). The van der Waals surface area contributed by atoms with Crippen LogP contribution in [0.15, 0.2) is 42.1 Å². The summed E-state index contributed by atoms with van der Waals surface area (Å²) in [5.41, 5.74) is 2.59. The van der Waals surface area contributed by atoms with Crippen molar-refractivity contribution in [3.8, 4) is 11.5 Å². The zero-order chi connectivity index (χ0) is 19.6. The quantitative estimate of drug-likeness (QED) is 0.604. The van der Waals surface area contributed by atoms with Gasteiger partial charge in [-0.25, -0.2) is 4.79 Å². The lowest BCUT2D eigenvalue weighted by Crippen LogP contribution is -2.30. The number of phenolic OH excluding ortho intramolecular Hbond substituents is 1. The molecular formula is C20H19ClN2O4. The number of rotatable bonds is 5. The molecule has 1 heterocycles. The molecule has 0 saturated carbocycles. The van der Waals surface area contributed by atoms with E-state index in [1.807, 2.05) is 31.2 Å². The van der Waals surface area contributed by atoms with E-state index in [4.69, 9.17) is 16.3 Å². The van der Waals surface area contributed by atoms with Gasteiger partial charge in [0.05, 0.1) is 18.2 Å². The van der Waals surface area contributed by atoms with Crippen molar-refractivity contribution in [2.24, 2.45) is 0 Å². The lowest BCUT2D eigenvalue weighted by molar-refractivity contribution is -0.123. The van der Waals surface area contributed by atoms with Crippen LogP contribution in [0.3, 0.4) is 0 Å². The van der Waals surface area contributed by atoms with Crippen LogP contribution in [0.4, 0.5) is 4.79 Å². The molecule has 27 heavy (non-hydrogen) atoms. The van der Waals surface area contributed by atoms with Crippen LogP contribution >= 0.6 is 11.6 Å². The summed E-state index contributed by atoms with van der Waals surface area (Å²) in [6.45, 7) is 4.27. The molecule has 2 aromatic carbocycles. The largest absolute Gasteiger partial charge is 0.503 e. The molecule has 0 radical (unpaired) electrons. The standard InChI is InChI=1S/C20H19ClN2O4/c1-3-27-17-10-14(8-15(21)18(17)24)9-16-19(25)23(20(26)22-16)11-13-6-4-5-12(2)7-13/h4-10,24H,3,11H2,1-2H3,(H,22,26)/b16-9+. The van der Waals surface area contributed by atoms with Crippen molar-refractivity contribution in [1.82, 2.24) is 10.2 Å². The summed E-state index contributed by atoms with van der Waals surface area (Å²) in [4.78, 5) is 26.0. The van der Waals surface area contributed by atoms with Crippen LogP contribution in [0.1, 0.15) is 23.6 Å². The maximum absolute atomic E-state index is 12.6. The first-order valence-electron chi connectivity index (χ1n) is 8.44. The number of ether oxygens (including phenoxy) is 1. The number of halogens is 1. The molecule has 1 saturated heterocycles. The second-order valence-corrected chi connectivity index (χ2v) is 6.56. The number of carbonyl (C=O) groups is 2. The van der Waals surface area contributed by atoms with Crippen LogP contribution < -0.4 is 10.1 Å². The molecule has 0 spiro atoms. The number of aryl methyl sites for hydroxylation is 1. The fourth-order valence-electron chi connectivity index (χ4n) is 2.82. The van der Waals surface area contributed by atoms with E-state index < -0.39 is 11.9 Å². The summed E-state index contributed by atoms with van der Waals surface area (Å²) in [7, 11) is 0. The highest BCUT2D eigenvalue weighted by Gasteiger charge is 2.33. The molecule has 0 aromatic heterocycles. The van der Waals surface area contributed by atoms with E-state index in [0.29, 0.717) is 12.2 Å². The van der Waals surface area contributed by atoms with Crippen LogP contribution in [-0.4, -0.2) is 28.6 Å². The number of phenols is 1. The van der Waals surface area contributed by atoms with Gasteiger partial charge in [-0.15, -0.1) is 0 Å². The van der Waals surface area contributed by atoms with E-state index in [-0.39, 0.29) is 28.8 Å². The molecule has 0 bridgehead atoms. The Morgan fingerprint density at radius 2 is 2.04 bits per heavy atom. The first kappa shape index (κ1) is 18.8. The first-order valence-corrected chi connectivity index (χ1v) is 8.82. The number of hydrogen-bond acceptors (Lipinski definition) is 4. The summed E-state index contributed by atoms with van der Waals surface area (Å²) in [6, 6.07) is 10.2. The monoisotopic (exact) mass is 386 g/mol. The summed E-state index contributed by atoms with van der Waals surface area (Å²) < 4.78 is 5.34. The minimum absolute atomic E-state index is 0.0983. The molecule has 0 unspecified atom stereocenters. The Morgan fingerprint density at radius 3 is 2.74 bits per heavy atom. The van der Waals surface area contributed by atoms with Crippen LogP contribution in [-0.2, 0) is 11.3 Å². The van der Waals surface area contributed by atoms with E-state index in [9.17, 15) is 14.7 Å². The lowest BCUT2D eigenvalue weighted by atomic mass is 10.1. The second-order valence-electron chi connectivity index (χ2n) is 6.15. The molecule has 6 nitrogen and oxygen atoms in total. The summed E-state index contributed by atoms with van der Waals surface area (Å²) >= 11 is 6.01. The van der Waals surface area contributed by atoms with Gasteiger partial charge in [-0.05, 0) is 43.2 Å². The molecule has 2 aromatic rings. The van der Waals surface area contributed by atoms with Crippen molar-refractivity contribution < 1.29 is 19.4 Å². The van der Waals surface area contributed by atoms with Crippen molar-refractivity contribution in [1.29, 1.82) is 0 Å². The Kier molecular flexibility index (Phi) is 5.37. The number of carbonyl (C=O) groups excluding carboxylic acids is 2. The van der Waals surface area contributed by atoms with E-state index in [2.05, 4.69) is 5.32 Å². The normalized spacial score (nSPS) is 15.4. The first-order chi connectivity index (χ1) is 12.9. The average Bonchev–Trinajstić information content (AvgIpc) is 2.87. The predicted octanol–water partition coefficient (Wildman–Crippen LogP) is 3.85. The van der Waals surface area contributed by atoms with E-state index in [1.165, 1.54) is 12.1 Å². The number of amides is 3. The second kappa shape index (κ2) is 7.72. The van der Waals surface area contributed by atoms with Gasteiger partial charge < -0.3 is 15.2 Å². The van der Waals surface area contributed by atoms with Crippen LogP contribution in [0.2, 0.25) is 5.02 Å². The number of benzene rings is 2. The van der Waals surface area contributed by atoms with Crippen molar-refractivity contribution >= 4 is 29.6 Å². The lowest BCUT2D eigenvalue weighted by Gasteiger charge is -2.12. The molecule has 3 amide bonds. The molecule has 140 valence electrons. The molecule has 2 N–H and O–H groups in total. The third-order valence-electron chi connectivity index (χ3n) is 4.05. The molecule has 7 heteroatoms. The average molecular weight is 387 g/mol. The SMILES string of the molecule is CCOc1cc(/C=C2/NC(=O)N(Cc3cccc(C)c3)C2=O)cc(Cl)c1O. The number of hydrogen-bond donors (Lipinski definition) is 2. The molecular weight excluding hydrogens is 368 g/mol. The van der Waals surface area contributed by atoms with Gasteiger partial charge in [0, 0.05) is 0 Å². The highest BCUT2D eigenvalue weighted by atomic mass is 35.5. The van der Waals surface area contributed by atoms with Gasteiger partial charge in [0.25, 0.3) is 5.91 Å². The van der Waals surface area contributed by atoms with Gasteiger partial charge in [0.15, 0.2) is 11.5 Å². The van der Waals surface area contributed by atoms with Crippen LogP contribution in [0.5, 0.6) is 11.5 Å². The van der Waals surface area contributed by atoms with E-state index in [0.717, 1.165) is 16.0 Å². The number of aromatic hydroxyl groups is 1. The van der Waals surface area contributed by atoms with Gasteiger partial charge in [-0.1, -0.05) is 41.4 Å². The Balaban J connectivity index is 1.86. The van der Waals surface area contributed by atoms with Crippen LogP contribution in [0, 0.1) is 6.92 Å². The van der Waals surface area contributed by atoms with Crippen molar-refractivity contribution in [2.45, 2.75) is 20.4 Å². The third-order valence-corrected chi connectivity index (χ3v) is 4.34. The maximum atomic E-state index is 12.6. The minimum Gasteiger partial charge on any atom is -0.503 e. The fourth-order valence-corrected chi connectivity index (χ4v) is 3.04. The van der Waals surface area contributed by atoms with Crippen molar-refractivity contribution in [2.75, 3.05) is 6.61 Å². The van der Waals surface area contributed by atoms with Crippen molar-refractivity contribution in [3.63, 3.8) is 0 Å². The summed E-state index contributed by atoms with van der Waals surface area (Å²) in [5, 5.41) is 12.6. The summed E-state index contributed by atoms with van der Waals surface area (Å²) in [5.74, 6) is -0.377. The smallest absolute Gasteiger partial charge is 0.329 e. The molecule has 0 atom stereocenters. The predicted molar refractivity (Wildman–Crippen MR) is 103 cm³/mol. The molecule has 0 aliphatic carbocycles. The number of urea groups is 1. The fraction of sp³-hybridized carbons (Fsp3) is 0.200. The zero-order valence-electron chi connectivity index (χ0n) is 15.0. The molecule has 1 aliphatic heterocycles. The molecule has 1 fully saturated rings. The number of nitrogens with one attached hydrogen (secondary N) is 1. The van der Waals surface area contributed by atoms with Crippen molar-refractivity contribution in [3.05, 3.63) is 63.8 Å². The van der Waals surface area contributed by atoms with Gasteiger partial charge >= 0.3 is 6.03 Å². The number of imide groups is 1. The third kappa shape index (κ3) is 4.06. The van der Waals surface area contributed by atoms with Crippen LogP contribution in [0.25, 0.3) is 6.08 Å². The zero-order valence-corrected chi connectivity index (χ0v) is 15.7. The Labute approximate surface area is 162 Å². The van der Waals surface area contributed by atoms with Gasteiger partial charge in [-0.3, -0.25) is 9.69 Å².